The van der Waals surface area contributed by atoms with Crippen molar-refractivity contribution in [2.24, 2.45) is 10.7 Å². The molecular formula is C19H25N3O. The van der Waals surface area contributed by atoms with Gasteiger partial charge in [0.25, 0.3) is 0 Å². The van der Waals surface area contributed by atoms with E-state index < -0.39 is 0 Å². The van der Waals surface area contributed by atoms with E-state index in [0.717, 1.165) is 17.0 Å². The van der Waals surface area contributed by atoms with Gasteiger partial charge in [0.1, 0.15) is 5.75 Å². The van der Waals surface area contributed by atoms with Crippen molar-refractivity contribution in [2.75, 3.05) is 11.9 Å². The molecule has 0 saturated heterocycles. The van der Waals surface area contributed by atoms with Gasteiger partial charge in [0.05, 0.1) is 13.2 Å². The minimum Gasteiger partial charge on any atom is -0.494 e. The van der Waals surface area contributed by atoms with Crippen LogP contribution in [0.4, 0.5) is 5.69 Å². The zero-order chi connectivity index (χ0) is 16.8. The molecule has 23 heavy (non-hydrogen) atoms. The highest BCUT2D eigenvalue weighted by molar-refractivity contribution is 5.92. The van der Waals surface area contributed by atoms with Crippen LogP contribution in [0.1, 0.15) is 29.2 Å². The largest absolute Gasteiger partial charge is 0.494 e. The molecular weight excluding hydrogens is 286 g/mol. The Bertz CT molecular complexity index is 708. The lowest BCUT2D eigenvalue weighted by molar-refractivity contribution is 0.336. The van der Waals surface area contributed by atoms with Gasteiger partial charge < -0.3 is 15.8 Å². The van der Waals surface area contributed by atoms with Crippen molar-refractivity contribution in [3.05, 3.63) is 58.7 Å². The van der Waals surface area contributed by atoms with E-state index in [0.29, 0.717) is 19.1 Å². The summed E-state index contributed by atoms with van der Waals surface area (Å²) in [5.74, 6) is 1.27. The van der Waals surface area contributed by atoms with Gasteiger partial charge in [0, 0.05) is 11.3 Å². The van der Waals surface area contributed by atoms with E-state index in [1.54, 1.807) is 0 Å². The second-order valence-electron chi connectivity index (χ2n) is 5.67. The molecule has 0 aliphatic heterocycles. The maximum Gasteiger partial charge on any atom is 0.193 e. The van der Waals surface area contributed by atoms with Crippen LogP contribution in [-0.4, -0.2) is 12.6 Å². The van der Waals surface area contributed by atoms with E-state index in [9.17, 15) is 0 Å². The van der Waals surface area contributed by atoms with Crippen LogP contribution >= 0.6 is 0 Å². The topological polar surface area (TPSA) is 59.6 Å². The highest BCUT2D eigenvalue weighted by Gasteiger charge is 2.04. The number of rotatable bonds is 5. The molecule has 2 aromatic rings. The number of aryl methyl sites for hydroxylation is 3. The average molecular weight is 311 g/mol. The number of nitrogens with one attached hydrogen (secondary N) is 1. The molecule has 2 rings (SSSR count). The van der Waals surface area contributed by atoms with Crippen LogP contribution < -0.4 is 15.8 Å². The van der Waals surface area contributed by atoms with Crippen LogP contribution in [0.5, 0.6) is 5.75 Å². The average Bonchev–Trinajstić information content (AvgIpc) is 2.50. The zero-order valence-corrected chi connectivity index (χ0v) is 14.3. The Hall–Kier alpha value is -2.49. The van der Waals surface area contributed by atoms with Crippen LogP contribution in [0.25, 0.3) is 0 Å². The fourth-order valence-corrected chi connectivity index (χ4v) is 2.26. The first-order chi connectivity index (χ1) is 11.0. The van der Waals surface area contributed by atoms with Gasteiger partial charge in [-0.1, -0.05) is 18.2 Å². The molecule has 4 heteroatoms. The SMILES string of the molecule is CCOc1cc(C)ccc1CN=C(N)Nc1ccc(C)c(C)c1. The Kier molecular flexibility index (Phi) is 5.63. The number of nitrogens with zero attached hydrogens (tertiary/aromatic N) is 1. The van der Waals surface area contributed by atoms with Gasteiger partial charge >= 0.3 is 0 Å². The van der Waals surface area contributed by atoms with Crippen molar-refractivity contribution < 1.29 is 4.74 Å². The lowest BCUT2D eigenvalue weighted by Gasteiger charge is -2.11. The molecule has 122 valence electrons. The van der Waals surface area contributed by atoms with Crippen LogP contribution in [-0.2, 0) is 6.54 Å². The lowest BCUT2D eigenvalue weighted by atomic mass is 10.1. The van der Waals surface area contributed by atoms with Crippen LogP contribution in [0.2, 0.25) is 0 Å². The molecule has 0 aliphatic rings. The molecule has 4 nitrogen and oxygen atoms in total. The maximum absolute atomic E-state index is 5.99. The maximum atomic E-state index is 5.99. The summed E-state index contributed by atoms with van der Waals surface area (Å²) in [6.45, 7) is 9.31. The number of benzene rings is 2. The molecule has 0 unspecified atom stereocenters. The van der Waals surface area contributed by atoms with Crippen molar-refractivity contribution in [3.63, 3.8) is 0 Å². The predicted molar refractivity (Wildman–Crippen MR) is 97.2 cm³/mol. The molecule has 2 aromatic carbocycles. The fourth-order valence-electron chi connectivity index (χ4n) is 2.26. The number of hydrogen-bond donors (Lipinski definition) is 2. The highest BCUT2D eigenvalue weighted by atomic mass is 16.5. The summed E-state index contributed by atoms with van der Waals surface area (Å²) in [6, 6.07) is 12.3. The van der Waals surface area contributed by atoms with Crippen molar-refractivity contribution in [1.82, 2.24) is 0 Å². The van der Waals surface area contributed by atoms with Gasteiger partial charge in [0.15, 0.2) is 5.96 Å². The monoisotopic (exact) mass is 311 g/mol. The standard InChI is InChI=1S/C19H25N3O/c1-5-23-18-10-13(2)6-8-16(18)12-21-19(20)22-17-9-7-14(3)15(4)11-17/h6-11H,5,12H2,1-4H3,(H3,20,21,22). The van der Waals surface area contributed by atoms with E-state index in [4.69, 9.17) is 10.5 Å². The van der Waals surface area contributed by atoms with Gasteiger partial charge in [-0.25, -0.2) is 4.99 Å². The van der Waals surface area contributed by atoms with Gasteiger partial charge in [-0.2, -0.15) is 0 Å². The first-order valence-electron chi connectivity index (χ1n) is 7.86. The smallest absolute Gasteiger partial charge is 0.193 e. The fraction of sp³-hybridized carbons (Fsp3) is 0.316. The lowest BCUT2D eigenvalue weighted by Crippen LogP contribution is -2.22. The van der Waals surface area contributed by atoms with E-state index in [-0.39, 0.29) is 0 Å². The van der Waals surface area contributed by atoms with E-state index in [1.807, 2.05) is 32.0 Å². The molecule has 0 aromatic heterocycles. The summed E-state index contributed by atoms with van der Waals surface area (Å²) >= 11 is 0. The molecule has 0 aliphatic carbocycles. The molecule has 0 radical (unpaired) electrons. The summed E-state index contributed by atoms with van der Waals surface area (Å²) < 4.78 is 5.67. The molecule has 0 atom stereocenters. The van der Waals surface area contributed by atoms with Crippen molar-refractivity contribution in [3.8, 4) is 5.75 Å². The molecule has 0 fully saturated rings. The third kappa shape index (κ3) is 4.74. The Balaban J connectivity index is 2.08. The third-order valence-electron chi connectivity index (χ3n) is 3.72. The molecule has 3 N–H and O–H groups in total. The van der Waals surface area contributed by atoms with Crippen molar-refractivity contribution in [2.45, 2.75) is 34.2 Å². The van der Waals surface area contributed by atoms with Crippen LogP contribution in [0, 0.1) is 20.8 Å². The van der Waals surface area contributed by atoms with E-state index >= 15 is 0 Å². The Morgan fingerprint density at radius 1 is 1.09 bits per heavy atom. The first kappa shape index (κ1) is 16.9. The molecule has 0 amide bonds. The number of aliphatic imine (C=N–C) groups is 1. The highest BCUT2D eigenvalue weighted by Crippen LogP contribution is 2.21. The second kappa shape index (κ2) is 7.68. The van der Waals surface area contributed by atoms with Gasteiger partial charge in [0.2, 0.25) is 0 Å². The molecule has 0 heterocycles. The number of anilines is 1. The normalized spacial score (nSPS) is 11.4. The first-order valence-corrected chi connectivity index (χ1v) is 7.86. The quantitative estimate of drug-likeness (QED) is 0.649. The minimum atomic E-state index is 0.399. The summed E-state index contributed by atoms with van der Waals surface area (Å²) in [7, 11) is 0. The van der Waals surface area contributed by atoms with Gasteiger partial charge in [-0.15, -0.1) is 0 Å². The van der Waals surface area contributed by atoms with Crippen LogP contribution in [0.3, 0.4) is 0 Å². The zero-order valence-electron chi connectivity index (χ0n) is 14.3. The second-order valence-corrected chi connectivity index (χ2v) is 5.67. The summed E-state index contributed by atoms with van der Waals surface area (Å²) in [4.78, 5) is 4.42. The Morgan fingerprint density at radius 3 is 2.57 bits per heavy atom. The van der Waals surface area contributed by atoms with Gasteiger partial charge in [-0.3, -0.25) is 0 Å². The Labute approximate surface area is 138 Å². The Morgan fingerprint density at radius 2 is 1.87 bits per heavy atom. The minimum absolute atomic E-state index is 0.399. The molecule has 0 bridgehead atoms. The molecule has 0 saturated carbocycles. The summed E-state index contributed by atoms with van der Waals surface area (Å²) in [5, 5.41) is 3.13. The summed E-state index contributed by atoms with van der Waals surface area (Å²) in [5.41, 5.74) is 11.6. The number of guanidine groups is 1. The number of nitrogens with two attached hydrogens (primary N) is 1. The van der Waals surface area contributed by atoms with E-state index in [2.05, 4.69) is 42.4 Å². The van der Waals surface area contributed by atoms with Crippen molar-refractivity contribution in [1.29, 1.82) is 0 Å². The van der Waals surface area contributed by atoms with Crippen molar-refractivity contribution >= 4 is 11.6 Å². The van der Waals surface area contributed by atoms with E-state index in [1.165, 1.54) is 16.7 Å². The summed E-state index contributed by atoms with van der Waals surface area (Å²) in [6.07, 6.45) is 0. The van der Waals surface area contributed by atoms with Crippen LogP contribution in [0.15, 0.2) is 41.4 Å². The molecule has 0 spiro atoms. The van der Waals surface area contributed by atoms with Gasteiger partial charge in [-0.05, 0) is 62.6 Å². The number of hydrogen-bond acceptors (Lipinski definition) is 2. The number of ether oxygens (including phenoxy) is 1. The third-order valence-corrected chi connectivity index (χ3v) is 3.72. The predicted octanol–water partition coefficient (Wildman–Crippen LogP) is 3.94.